The minimum Gasteiger partial charge on any atom is -0.474 e. The van der Waals surface area contributed by atoms with Crippen molar-refractivity contribution in [3.05, 3.63) is 0 Å². The summed E-state index contributed by atoms with van der Waals surface area (Å²) in [4.78, 5) is 10.7. The van der Waals surface area contributed by atoms with Gasteiger partial charge in [-0.2, -0.15) is 0 Å². The number of carboxylic acid groups (broad SMARTS) is 1. The third-order valence-electron chi connectivity index (χ3n) is 2.03. The Morgan fingerprint density at radius 3 is 2.10 bits per heavy atom. The standard InChI is InChI=1S/C7H16O2S/c1-5-6(2)10(3,4)7(8)9/h6H,5H2,1-4H3,(H,8,9). The van der Waals surface area contributed by atoms with E-state index in [-0.39, 0.29) is 0 Å². The highest BCUT2D eigenvalue weighted by molar-refractivity contribution is 8.44. The first-order chi connectivity index (χ1) is 4.42. The van der Waals surface area contributed by atoms with Gasteiger partial charge < -0.3 is 5.11 Å². The second-order valence-corrected chi connectivity index (χ2v) is 6.86. The number of carbonyl (C=O) groups is 1. The summed E-state index contributed by atoms with van der Waals surface area (Å²) in [5, 5.41) is 8.48. The minimum absolute atomic E-state index is 0.324. The Bertz CT molecular complexity index is 132. The van der Waals surface area contributed by atoms with E-state index in [9.17, 15) is 4.79 Å². The average molecular weight is 164 g/mol. The van der Waals surface area contributed by atoms with Crippen molar-refractivity contribution in [2.45, 2.75) is 25.5 Å². The molecule has 0 fully saturated rings. The molecular formula is C7H16O2S. The second kappa shape index (κ2) is 3.28. The molecule has 1 unspecified atom stereocenters. The fraction of sp³-hybridized carbons (Fsp3) is 0.857. The Balaban J connectivity index is 4.23. The van der Waals surface area contributed by atoms with Crippen LogP contribution in [-0.4, -0.2) is 28.2 Å². The van der Waals surface area contributed by atoms with Crippen LogP contribution in [-0.2, 0) is 0 Å². The van der Waals surface area contributed by atoms with Gasteiger partial charge in [0.1, 0.15) is 0 Å². The maximum absolute atomic E-state index is 10.7. The highest BCUT2D eigenvalue weighted by Gasteiger charge is 2.26. The van der Waals surface area contributed by atoms with E-state index >= 15 is 0 Å². The van der Waals surface area contributed by atoms with Gasteiger partial charge in [0.15, 0.2) is 0 Å². The molecule has 3 heteroatoms. The number of hydrogen-bond donors (Lipinski definition) is 1. The molecule has 1 N–H and O–H groups in total. The van der Waals surface area contributed by atoms with E-state index in [2.05, 4.69) is 0 Å². The first kappa shape index (κ1) is 9.82. The molecule has 0 bridgehead atoms. The van der Waals surface area contributed by atoms with Crippen molar-refractivity contribution in [3.8, 4) is 0 Å². The van der Waals surface area contributed by atoms with E-state index in [1.165, 1.54) is 0 Å². The third-order valence-corrected chi connectivity index (χ3v) is 5.28. The van der Waals surface area contributed by atoms with Gasteiger partial charge in [-0.1, -0.05) is 13.8 Å². The molecular weight excluding hydrogens is 148 g/mol. The van der Waals surface area contributed by atoms with Crippen LogP contribution >= 0.6 is 10.0 Å². The van der Waals surface area contributed by atoms with Crippen LogP contribution < -0.4 is 0 Å². The molecule has 0 radical (unpaired) electrons. The molecule has 0 aliphatic rings. The van der Waals surface area contributed by atoms with Gasteiger partial charge in [-0.05, 0) is 24.2 Å². The van der Waals surface area contributed by atoms with Crippen molar-refractivity contribution >= 4 is 15.3 Å². The van der Waals surface area contributed by atoms with Crippen LogP contribution in [0.15, 0.2) is 0 Å². The van der Waals surface area contributed by atoms with Crippen LogP contribution in [0, 0.1) is 0 Å². The maximum atomic E-state index is 10.7. The molecule has 0 heterocycles. The van der Waals surface area contributed by atoms with E-state index < -0.39 is 15.3 Å². The largest absolute Gasteiger partial charge is 0.474 e. The molecule has 0 saturated heterocycles. The highest BCUT2D eigenvalue weighted by Crippen LogP contribution is 2.46. The van der Waals surface area contributed by atoms with Gasteiger partial charge in [0.2, 0.25) is 0 Å². The SMILES string of the molecule is CCC(C)S(C)(C)C(=O)O. The summed E-state index contributed by atoms with van der Waals surface area (Å²) in [7, 11) is -1.41. The second-order valence-electron chi connectivity index (χ2n) is 2.89. The van der Waals surface area contributed by atoms with Crippen molar-refractivity contribution in [1.29, 1.82) is 0 Å². The molecule has 10 heavy (non-hydrogen) atoms. The van der Waals surface area contributed by atoms with Crippen LogP contribution in [0.25, 0.3) is 0 Å². The molecule has 1 atom stereocenters. The van der Waals surface area contributed by atoms with Gasteiger partial charge in [0.25, 0.3) is 0 Å². The van der Waals surface area contributed by atoms with Gasteiger partial charge in [-0.15, -0.1) is 10.0 Å². The number of rotatable bonds is 2. The monoisotopic (exact) mass is 164 g/mol. The summed E-state index contributed by atoms with van der Waals surface area (Å²) < 4.78 is 0. The Morgan fingerprint density at radius 2 is 2.00 bits per heavy atom. The van der Waals surface area contributed by atoms with E-state index in [0.29, 0.717) is 5.25 Å². The Morgan fingerprint density at radius 1 is 1.60 bits per heavy atom. The summed E-state index contributed by atoms with van der Waals surface area (Å²) in [5.41, 5.74) is 0. The third kappa shape index (κ3) is 1.90. The zero-order chi connectivity index (χ0) is 8.36. The summed E-state index contributed by atoms with van der Waals surface area (Å²) >= 11 is 0. The van der Waals surface area contributed by atoms with E-state index in [1.807, 2.05) is 26.4 Å². The minimum atomic E-state index is -1.41. The van der Waals surface area contributed by atoms with Gasteiger partial charge in [-0.3, -0.25) is 0 Å². The van der Waals surface area contributed by atoms with Crippen molar-refractivity contribution in [2.24, 2.45) is 0 Å². The topological polar surface area (TPSA) is 37.3 Å². The lowest BCUT2D eigenvalue weighted by Gasteiger charge is -2.31. The lowest BCUT2D eigenvalue weighted by Crippen LogP contribution is -2.18. The first-order valence-corrected chi connectivity index (χ1v) is 5.89. The molecule has 0 amide bonds. The molecule has 0 rings (SSSR count). The van der Waals surface area contributed by atoms with Crippen LogP contribution in [0.5, 0.6) is 0 Å². The molecule has 0 aromatic heterocycles. The van der Waals surface area contributed by atoms with Crippen LogP contribution in [0.2, 0.25) is 0 Å². The maximum Gasteiger partial charge on any atom is 0.346 e. The molecule has 0 aliphatic heterocycles. The van der Waals surface area contributed by atoms with Gasteiger partial charge in [0, 0.05) is 0 Å². The zero-order valence-corrected chi connectivity index (χ0v) is 7.86. The summed E-state index contributed by atoms with van der Waals surface area (Å²) in [6.07, 6.45) is 4.65. The Labute approximate surface area is 63.9 Å². The fourth-order valence-corrected chi connectivity index (χ4v) is 1.77. The van der Waals surface area contributed by atoms with Gasteiger partial charge in [-0.25, -0.2) is 4.79 Å². The van der Waals surface area contributed by atoms with Gasteiger partial charge >= 0.3 is 5.30 Å². The van der Waals surface area contributed by atoms with Crippen molar-refractivity contribution < 1.29 is 9.90 Å². The average Bonchev–Trinajstić information content (AvgIpc) is 1.86. The molecule has 0 aromatic rings. The molecule has 0 saturated carbocycles. The summed E-state index contributed by atoms with van der Waals surface area (Å²) in [5.74, 6) is 0. The van der Waals surface area contributed by atoms with Crippen LogP contribution in [0.4, 0.5) is 4.79 Å². The highest BCUT2D eigenvalue weighted by atomic mass is 32.3. The Hall–Kier alpha value is -0.180. The smallest absolute Gasteiger partial charge is 0.346 e. The summed E-state index contributed by atoms with van der Waals surface area (Å²) in [6, 6.07) is 0. The lowest BCUT2D eigenvalue weighted by molar-refractivity contribution is 0.221. The van der Waals surface area contributed by atoms with Crippen LogP contribution in [0.3, 0.4) is 0 Å². The van der Waals surface area contributed by atoms with E-state index in [0.717, 1.165) is 6.42 Å². The predicted molar refractivity (Wildman–Crippen MR) is 47.2 cm³/mol. The molecule has 62 valence electrons. The normalized spacial score (nSPS) is 16.4. The molecule has 2 nitrogen and oxygen atoms in total. The van der Waals surface area contributed by atoms with Crippen molar-refractivity contribution in [3.63, 3.8) is 0 Å². The molecule has 0 aliphatic carbocycles. The number of hydrogen-bond acceptors (Lipinski definition) is 1. The van der Waals surface area contributed by atoms with Crippen molar-refractivity contribution in [2.75, 3.05) is 12.5 Å². The Kier molecular flexibility index (Phi) is 3.22. The quantitative estimate of drug-likeness (QED) is 0.681. The lowest BCUT2D eigenvalue weighted by atomic mass is 10.4. The van der Waals surface area contributed by atoms with E-state index in [1.54, 1.807) is 0 Å². The van der Waals surface area contributed by atoms with Gasteiger partial charge in [0.05, 0.1) is 0 Å². The summed E-state index contributed by atoms with van der Waals surface area (Å²) in [6.45, 7) is 4.03. The van der Waals surface area contributed by atoms with E-state index in [4.69, 9.17) is 5.11 Å². The molecule has 0 aromatic carbocycles. The molecule has 0 spiro atoms. The zero-order valence-electron chi connectivity index (χ0n) is 7.05. The van der Waals surface area contributed by atoms with Crippen molar-refractivity contribution in [1.82, 2.24) is 0 Å². The first-order valence-electron chi connectivity index (χ1n) is 3.38. The fourth-order valence-electron chi connectivity index (χ4n) is 0.589. The van der Waals surface area contributed by atoms with Crippen LogP contribution in [0.1, 0.15) is 20.3 Å². The predicted octanol–water partition coefficient (Wildman–Crippen LogP) is 2.53.